The molecular formula is C13H14N4O. The Kier molecular flexibility index (Phi) is 3.86. The van der Waals surface area contributed by atoms with Crippen molar-refractivity contribution in [3.63, 3.8) is 0 Å². The molecule has 1 amide bonds. The van der Waals surface area contributed by atoms with E-state index >= 15 is 0 Å². The van der Waals surface area contributed by atoms with E-state index in [4.69, 9.17) is 5.73 Å². The smallest absolute Gasteiger partial charge is 0.252 e. The molecule has 2 aromatic rings. The largest absolute Gasteiger partial charge is 0.369 e. The summed E-state index contributed by atoms with van der Waals surface area (Å²) in [5.74, 6) is 0.0318. The Balaban J connectivity index is 1.97. The van der Waals surface area contributed by atoms with Crippen LogP contribution in [0.25, 0.3) is 0 Å². The fourth-order valence-electron chi connectivity index (χ4n) is 1.60. The number of rotatable bonds is 5. The molecule has 0 fully saturated rings. The van der Waals surface area contributed by atoms with E-state index in [1.165, 1.54) is 0 Å². The average molecular weight is 242 g/mol. The van der Waals surface area contributed by atoms with Gasteiger partial charge in [-0.1, -0.05) is 6.07 Å². The minimum atomic E-state index is -0.483. The van der Waals surface area contributed by atoms with Crippen LogP contribution < -0.4 is 11.1 Å². The molecule has 0 atom stereocenters. The fraction of sp³-hybridized carbons (Fsp3) is 0.154. The van der Waals surface area contributed by atoms with Gasteiger partial charge in [-0.25, -0.2) is 4.98 Å². The van der Waals surface area contributed by atoms with Crippen LogP contribution in [-0.4, -0.2) is 22.4 Å². The van der Waals surface area contributed by atoms with Crippen molar-refractivity contribution in [2.45, 2.75) is 6.42 Å². The van der Waals surface area contributed by atoms with Gasteiger partial charge in [0.05, 0.1) is 5.56 Å². The van der Waals surface area contributed by atoms with Gasteiger partial charge in [0.15, 0.2) is 0 Å². The molecule has 3 N–H and O–H groups in total. The lowest BCUT2D eigenvalue weighted by molar-refractivity contribution is 0.100. The van der Waals surface area contributed by atoms with E-state index in [9.17, 15) is 4.79 Å². The average Bonchev–Trinajstić information content (AvgIpc) is 2.40. The van der Waals surface area contributed by atoms with Crippen molar-refractivity contribution in [1.29, 1.82) is 0 Å². The number of pyridine rings is 2. The lowest BCUT2D eigenvalue weighted by atomic mass is 10.2. The van der Waals surface area contributed by atoms with Crippen molar-refractivity contribution in [3.8, 4) is 0 Å². The molecule has 0 aliphatic carbocycles. The number of nitrogens with zero attached hydrogens (tertiary/aromatic N) is 2. The number of hydrogen-bond donors (Lipinski definition) is 2. The van der Waals surface area contributed by atoms with Crippen LogP contribution in [0.1, 0.15) is 16.1 Å². The number of aromatic nitrogens is 2. The Morgan fingerprint density at radius 1 is 1.17 bits per heavy atom. The second-order valence-corrected chi connectivity index (χ2v) is 3.76. The van der Waals surface area contributed by atoms with Crippen LogP contribution in [0.2, 0.25) is 0 Å². The molecule has 0 bridgehead atoms. The number of nitrogens with two attached hydrogens (primary N) is 1. The topological polar surface area (TPSA) is 80.9 Å². The lowest BCUT2D eigenvalue weighted by Gasteiger charge is -2.08. The molecule has 0 aromatic carbocycles. The van der Waals surface area contributed by atoms with Crippen molar-refractivity contribution in [2.24, 2.45) is 5.73 Å². The first-order valence-electron chi connectivity index (χ1n) is 5.66. The highest BCUT2D eigenvalue weighted by Crippen LogP contribution is 2.10. The van der Waals surface area contributed by atoms with E-state index in [2.05, 4.69) is 15.3 Å². The maximum absolute atomic E-state index is 11.2. The van der Waals surface area contributed by atoms with Gasteiger partial charge in [0.2, 0.25) is 0 Å². The van der Waals surface area contributed by atoms with Gasteiger partial charge in [-0.3, -0.25) is 9.78 Å². The quantitative estimate of drug-likeness (QED) is 0.826. The summed E-state index contributed by atoms with van der Waals surface area (Å²) >= 11 is 0. The predicted octanol–water partition coefficient (Wildman–Crippen LogP) is 1.23. The highest BCUT2D eigenvalue weighted by Gasteiger charge is 2.07. The number of amides is 1. The molecule has 0 aliphatic heterocycles. The van der Waals surface area contributed by atoms with Crippen LogP contribution in [0, 0.1) is 0 Å². The standard InChI is InChI=1S/C13H14N4O/c14-12(18)11-5-3-8-16-13(11)17-9-6-10-4-1-2-7-15-10/h1-5,7-8H,6,9H2,(H2,14,18)(H,16,17). The van der Waals surface area contributed by atoms with Gasteiger partial charge in [0.1, 0.15) is 5.82 Å². The van der Waals surface area contributed by atoms with Crippen molar-refractivity contribution in [1.82, 2.24) is 9.97 Å². The summed E-state index contributed by atoms with van der Waals surface area (Å²) < 4.78 is 0. The lowest BCUT2D eigenvalue weighted by Crippen LogP contribution is -2.16. The molecule has 0 saturated carbocycles. The molecule has 0 spiro atoms. The van der Waals surface area contributed by atoms with Crippen molar-refractivity contribution in [2.75, 3.05) is 11.9 Å². The third kappa shape index (κ3) is 3.04. The first-order valence-corrected chi connectivity index (χ1v) is 5.66. The van der Waals surface area contributed by atoms with Crippen LogP contribution in [-0.2, 0) is 6.42 Å². The molecule has 2 heterocycles. The molecule has 2 rings (SSSR count). The zero-order valence-electron chi connectivity index (χ0n) is 9.84. The summed E-state index contributed by atoms with van der Waals surface area (Å²) in [6.07, 6.45) is 4.14. The van der Waals surface area contributed by atoms with E-state index < -0.39 is 5.91 Å². The van der Waals surface area contributed by atoms with Crippen LogP contribution in [0.4, 0.5) is 5.82 Å². The summed E-state index contributed by atoms with van der Waals surface area (Å²) in [5, 5.41) is 3.09. The third-order valence-electron chi connectivity index (χ3n) is 2.47. The second kappa shape index (κ2) is 5.77. The van der Waals surface area contributed by atoms with E-state index in [1.807, 2.05) is 18.2 Å². The maximum Gasteiger partial charge on any atom is 0.252 e. The zero-order valence-corrected chi connectivity index (χ0v) is 9.84. The molecule has 0 unspecified atom stereocenters. The van der Waals surface area contributed by atoms with Crippen LogP contribution in [0.15, 0.2) is 42.7 Å². The number of anilines is 1. The fourth-order valence-corrected chi connectivity index (χ4v) is 1.60. The highest BCUT2D eigenvalue weighted by molar-refractivity contribution is 5.97. The van der Waals surface area contributed by atoms with Gasteiger partial charge < -0.3 is 11.1 Å². The molecule has 92 valence electrons. The first kappa shape index (κ1) is 12.0. The van der Waals surface area contributed by atoms with Crippen LogP contribution >= 0.6 is 0 Å². The summed E-state index contributed by atoms with van der Waals surface area (Å²) in [4.78, 5) is 19.5. The minimum absolute atomic E-state index is 0.401. The summed E-state index contributed by atoms with van der Waals surface area (Å²) in [6.45, 7) is 0.647. The molecule has 0 aliphatic rings. The van der Waals surface area contributed by atoms with Crippen molar-refractivity contribution in [3.05, 3.63) is 54.0 Å². The molecule has 0 radical (unpaired) electrons. The van der Waals surface area contributed by atoms with Gasteiger partial charge in [-0.2, -0.15) is 0 Å². The molecule has 18 heavy (non-hydrogen) atoms. The minimum Gasteiger partial charge on any atom is -0.369 e. The molecule has 0 saturated heterocycles. The summed E-state index contributed by atoms with van der Waals surface area (Å²) in [5.41, 5.74) is 6.66. The summed E-state index contributed by atoms with van der Waals surface area (Å²) in [7, 11) is 0. The Hall–Kier alpha value is -2.43. The third-order valence-corrected chi connectivity index (χ3v) is 2.47. The number of hydrogen-bond acceptors (Lipinski definition) is 4. The van der Waals surface area contributed by atoms with Crippen LogP contribution in [0.3, 0.4) is 0 Å². The van der Waals surface area contributed by atoms with E-state index in [1.54, 1.807) is 24.5 Å². The van der Waals surface area contributed by atoms with Gasteiger partial charge in [-0.15, -0.1) is 0 Å². The highest BCUT2D eigenvalue weighted by atomic mass is 16.1. The van der Waals surface area contributed by atoms with E-state index in [0.29, 0.717) is 17.9 Å². The predicted molar refractivity (Wildman–Crippen MR) is 69.2 cm³/mol. The number of primary amides is 1. The van der Waals surface area contributed by atoms with Crippen molar-refractivity contribution < 1.29 is 4.79 Å². The first-order chi connectivity index (χ1) is 8.77. The Bertz CT molecular complexity index is 528. The normalized spacial score (nSPS) is 10.0. The molecule has 5 heteroatoms. The monoisotopic (exact) mass is 242 g/mol. The van der Waals surface area contributed by atoms with Gasteiger partial charge in [0, 0.05) is 31.1 Å². The van der Waals surface area contributed by atoms with Gasteiger partial charge in [-0.05, 0) is 24.3 Å². The molecule has 2 aromatic heterocycles. The van der Waals surface area contributed by atoms with Crippen LogP contribution in [0.5, 0.6) is 0 Å². The Morgan fingerprint density at radius 3 is 2.72 bits per heavy atom. The Labute approximate surface area is 105 Å². The van der Waals surface area contributed by atoms with E-state index in [-0.39, 0.29) is 0 Å². The number of nitrogens with one attached hydrogen (secondary N) is 1. The van der Waals surface area contributed by atoms with E-state index in [0.717, 1.165) is 12.1 Å². The molecule has 5 nitrogen and oxygen atoms in total. The number of carbonyl (C=O) groups is 1. The van der Waals surface area contributed by atoms with Gasteiger partial charge in [0.25, 0.3) is 5.91 Å². The summed E-state index contributed by atoms with van der Waals surface area (Å²) in [6, 6.07) is 9.11. The van der Waals surface area contributed by atoms with Gasteiger partial charge >= 0.3 is 0 Å². The zero-order chi connectivity index (χ0) is 12.8. The Morgan fingerprint density at radius 2 is 2.00 bits per heavy atom. The van der Waals surface area contributed by atoms with Crippen molar-refractivity contribution >= 4 is 11.7 Å². The SMILES string of the molecule is NC(=O)c1cccnc1NCCc1ccccn1. The number of carbonyl (C=O) groups excluding carboxylic acids is 1. The second-order valence-electron chi connectivity index (χ2n) is 3.76. The maximum atomic E-state index is 11.2. The molecular weight excluding hydrogens is 228 g/mol.